The Morgan fingerprint density at radius 2 is 1.22 bits per heavy atom. The Hall–Kier alpha value is -6.21. The van der Waals surface area contributed by atoms with Gasteiger partial charge in [0.25, 0.3) is 11.8 Å². The van der Waals surface area contributed by atoms with Gasteiger partial charge in [-0.3, -0.25) is 14.4 Å². The van der Waals surface area contributed by atoms with Crippen LogP contribution in [0, 0.1) is 0 Å². The minimum absolute atomic E-state index is 0.0229. The summed E-state index contributed by atoms with van der Waals surface area (Å²) in [5.74, 6) is -0.598. The van der Waals surface area contributed by atoms with E-state index in [1.165, 1.54) is 15.1 Å². The highest BCUT2D eigenvalue weighted by atomic mass is 16.2. The van der Waals surface area contributed by atoms with Gasteiger partial charge >= 0.3 is 0 Å². The standard InChI is InChI=1S/C43H32N4O3/c48-37(47-36-18-11-10-17-35(36)44-45-47)19-7-2-1-4-12-27-20-23-32-29(26-27)22-25-34-39(32)38-31-16-9-8-13-28(31)21-24-33(38)40-41(34)43(50)46(42(40)49)30-14-5-3-6-15-30/h3,5-6,8-11,13-18,20-26H,1-2,4,7,12,19H2. The number of hydrogen-bond donors (Lipinski definition) is 0. The van der Waals surface area contributed by atoms with Crippen LogP contribution in [0.2, 0.25) is 0 Å². The van der Waals surface area contributed by atoms with Crippen LogP contribution in [-0.4, -0.2) is 32.7 Å². The summed E-state index contributed by atoms with van der Waals surface area (Å²) < 4.78 is 1.42. The summed E-state index contributed by atoms with van der Waals surface area (Å²) in [7, 11) is 0. The predicted molar refractivity (Wildman–Crippen MR) is 199 cm³/mol. The number of rotatable bonds is 8. The fourth-order valence-electron chi connectivity index (χ4n) is 7.72. The van der Waals surface area contributed by atoms with Gasteiger partial charge in [0, 0.05) is 6.42 Å². The number of para-hydroxylation sites is 2. The molecule has 1 aliphatic heterocycles. The first-order valence-corrected chi connectivity index (χ1v) is 17.2. The number of carbonyl (C=O) groups excluding carboxylic acids is 3. The number of aryl methyl sites for hydroxylation is 1. The van der Waals surface area contributed by atoms with Crippen LogP contribution in [0.25, 0.3) is 54.1 Å². The Labute approximate surface area is 287 Å². The molecule has 7 nitrogen and oxygen atoms in total. The number of nitrogens with zero attached hydrogens (tertiary/aromatic N) is 4. The van der Waals surface area contributed by atoms with E-state index >= 15 is 0 Å². The second kappa shape index (κ2) is 12.0. The van der Waals surface area contributed by atoms with Crippen LogP contribution in [0.1, 0.15) is 63.2 Å². The molecule has 9 rings (SSSR count). The molecule has 2 heterocycles. The Bertz CT molecular complexity index is 2680. The number of imide groups is 1. The van der Waals surface area contributed by atoms with Gasteiger partial charge in [-0.15, -0.1) is 5.10 Å². The van der Waals surface area contributed by atoms with Crippen molar-refractivity contribution in [2.24, 2.45) is 0 Å². The van der Waals surface area contributed by atoms with E-state index in [9.17, 15) is 14.4 Å². The Morgan fingerprint density at radius 1 is 0.580 bits per heavy atom. The topological polar surface area (TPSA) is 85.2 Å². The molecule has 8 aromatic rings. The summed E-state index contributed by atoms with van der Waals surface area (Å²) in [6.07, 6.45) is 5.20. The highest BCUT2D eigenvalue weighted by Crippen LogP contribution is 2.44. The smallest absolute Gasteiger partial charge is 0.266 e. The zero-order valence-corrected chi connectivity index (χ0v) is 27.3. The fourth-order valence-corrected chi connectivity index (χ4v) is 7.72. The van der Waals surface area contributed by atoms with Crippen LogP contribution in [-0.2, 0) is 6.42 Å². The van der Waals surface area contributed by atoms with Crippen molar-refractivity contribution in [2.45, 2.75) is 38.5 Å². The van der Waals surface area contributed by atoms with Crippen molar-refractivity contribution < 1.29 is 14.4 Å². The molecule has 50 heavy (non-hydrogen) atoms. The van der Waals surface area contributed by atoms with Gasteiger partial charge in [-0.05, 0) is 92.2 Å². The summed E-state index contributed by atoms with van der Waals surface area (Å²) >= 11 is 0. The van der Waals surface area contributed by atoms with E-state index in [0.717, 1.165) is 86.2 Å². The van der Waals surface area contributed by atoms with E-state index in [-0.39, 0.29) is 17.7 Å². The first kappa shape index (κ1) is 29.9. The lowest BCUT2D eigenvalue weighted by Gasteiger charge is -2.15. The third-order valence-electron chi connectivity index (χ3n) is 10.1. The maximum absolute atomic E-state index is 14.1. The average Bonchev–Trinajstić information content (AvgIpc) is 3.71. The molecule has 0 radical (unpaired) electrons. The van der Waals surface area contributed by atoms with Crippen LogP contribution in [0.3, 0.4) is 0 Å². The largest absolute Gasteiger partial charge is 0.273 e. The molecule has 2 amide bonds. The number of anilines is 1. The van der Waals surface area contributed by atoms with Crippen molar-refractivity contribution in [1.29, 1.82) is 0 Å². The van der Waals surface area contributed by atoms with Crippen molar-refractivity contribution >= 4 is 77.5 Å². The van der Waals surface area contributed by atoms with Crippen LogP contribution >= 0.6 is 0 Å². The molecule has 0 aliphatic carbocycles. The number of benzene rings is 7. The van der Waals surface area contributed by atoms with Gasteiger partial charge in [-0.25, -0.2) is 4.90 Å². The van der Waals surface area contributed by atoms with E-state index in [1.807, 2.05) is 72.8 Å². The zero-order valence-electron chi connectivity index (χ0n) is 27.3. The molecule has 242 valence electrons. The summed E-state index contributed by atoms with van der Waals surface area (Å²) in [4.78, 5) is 42.3. The van der Waals surface area contributed by atoms with Gasteiger partial charge in [0.1, 0.15) is 5.52 Å². The third kappa shape index (κ3) is 4.77. The molecule has 0 atom stereocenters. The molecule has 0 spiro atoms. The number of unbranched alkanes of at least 4 members (excludes halogenated alkanes) is 3. The molecule has 0 fully saturated rings. The zero-order chi connectivity index (χ0) is 33.8. The number of aromatic nitrogens is 3. The van der Waals surface area contributed by atoms with Gasteiger partial charge in [-0.1, -0.05) is 115 Å². The lowest BCUT2D eigenvalue weighted by atomic mass is 9.87. The van der Waals surface area contributed by atoms with Crippen LogP contribution in [0.4, 0.5) is 5.69 Å². The van der Waals surface area contributed by atoms with E-state index < -0.39 is 0 Å². The van der Waals surface area contributed by atoms with E-state index in [0.29, 0.717) is 23.2 Å². The molecule has 0 saturated heterocycles. The van der Waals surface area contributed by atoms with Crippen molar-refractivity contribution in [2.75, 3.05) is 4.90 Å². The minimum Gasteiger partial charge on any atom is -0.273 e. The Balaban J connectivity index is 1.02. The maximum atomic E-state index is 14.1. The fraction of sp³-hybridized carbons (Fsp3) is 0.140. The lowest BCUT2D eigenvalue weighted by Crippen LogP contribution is -2.29. The van der Waals surface area contributed by atoms with E-state index in [2.05, 4.69) is 46.7 Å². The predicted octanol–water partition coefficient (Wildman–Crippen LogP) is 9.68. The van der Waals surface area contributed by atoms with Crippen molar-refractivity contribution in [1.82, 2.24) is 15.0 Å². The lowest BCUT2D eigenvalue weighted by molar-refractivity contribution is 0.0883. The summed E-state index contributed by atoms with van der Waals surface area (Å²) in [6, 6.07) is 39.7. The SMILES string of the molecule is O=C1c2c(c3ccc4cc(CCCCCCC(=O)n5nnc6ccccc65)ccc4c3c3c2ccc2ccccc23)C(=O)N1c1ccccc1. The molecule has 0 saturated carbocycles. The van der Waals surface area contributed by atoms with Crippen molar-refractivity contribution in [3.63, 3.8) is 0 Å². The van der Waals surface area contributed by atoms with E-state index in [1.54, 1.807) is 12.1 Å². The summed E-state index contributed by atoms with van der Waals surface area (Å²) in [5.41, 5.74) is 4.24. The molecule has 1 aromatic heterocycles. The normalized spacial score (nSPS) is 13.0. The second-order valence-corrected chi connectivity index (χ2v) is 13.1. The molecule has 0 bridgehead atoms. The second-order valence-electron chi connectivity index (χ2n) is 13.1. The molecular weight excluding hydrogens is 620 g/mol. The van der Waals surface area contributed by atoms with Gasteiger partial charge in [-0.2, -0.15) is 4.68 Å². The first-order valence-electron chi connectivity index (χ1n) is 17.2. The van der Waals surface area contributed by atoms with Crippen LogP contribution in [0.5, 0.6) is 0 Å². The third-order valence-corrected chi connectivity index (χ3v) is 10.1. The number of hydrogen-bond acceptors (Lipinski definition) is 5. The van der Waals surface area contributed by atoms with Crippen molar-refractivity contribution in [3.05, 3.63) is 138 Å². The monoisotopic (exact) mass is 652 g/mol. The molecule has 7 aromatic carbocycles. The minimum atomic E-state index is -0.288. The summed E-state index contributed by atoms with van der Waals surface area (Å²) in [5, 5.41) is 16.1. The highest BCUT2D eigenvalue weighted by Gasteiger charge is 2.40. The van der Waals surface area contributed by atoms with E-state index in [4.69, 9.17) is 0 Å². The Kier molecular flexibility index (Phi) is 7.20. The number of carbonyl (C=O) groups is 3. The van der Waals surface area contributed by atoms with Gasteiger partial charge in [0.05, 0.1) is 22.3 Å². The highest BCUT2D eigenvalue weighted by molar-refractivity contribution is 6.45. The van der Waals surface area contributed by atoms with Gasteiger partial charge < -0.3 is 0 Å². The van der Waals surface area contributed by atoms with Crippen molar-refractivity contribution in [3.8, 4) is 0 Å². The molecule has 1 aliphatic rings. The van der Waals surface area contributed by atoms with Crippen LogP contribution in [0.15, 0.2) is 121 Å². The molecule has 0 N–H and O–H groups in total. The Morgan fingerprint density at radius 3 is 2.02 bits per heavy atom. The molecular formula is C43H32N4O3. The molecule has 0 unspecified atom stereocenters. The summed E-state index contributed by atoms with van der Waals surface area (Å²) in [6.45, 7) is 0. The quantitative estimate of drug-likeness (QED) is 0.0927. The maximum Gasteiger partial charge on any atom is 0.266 e. The van der Waals surface area contributed by atoms with Crippen LogP contribution < -0.4 is 4.90 Å². The van der Waals surface area contributed by atoms with Gasteiger partial charge in [0.15, 0.2) is 0 Å². The number of amides is 2. The molecule has 7 heteroatoms. The number of fused-ring (bicyclic) bond motifs is 11. The first-order chi connectivity index (χ1) is 24.6. The van der Waals surface area contributed by atoms with Gasteiger partial charge in [0.2, 0.25) is 5.91 Å². The average molecular weight is 653 g/mol.